The maximum Gasteiger partial charge on any atom is 0.258 e. The van der Waals surface area contributed by atoms with Crippen LogP contribution in [0.2, 0.25) is 0 Å². The third-order valence-corrected chi connectivity index (χ3v) is 4.99. The second-order valence-corrected chi connectivity index (χ2v) is 7.75. The van der Waals surface area contributed by atoms with Crippen molar-refractivity contribution in [3.63, 3.8) is 0 Å². The van der Waals surface area contributed by atoms with Gasteiger partial charge in [-0.15, -0.1) is 0 Å². The van der Waals surface area contributed by atoms with E-state index in [0.29, 0.717) is 31.2 Å². The molecule has 4 rings (SSSR count). The van der Waals surface area contributed by atoms with E-state index in [1.807, 2.05) is 36.4 Å². The number of hydrogen-bond donors (Lipinski definition) is 2. The van der Waals surface area contributed by atoms with Gasteiger partial charge in [0.05, 0.1) is 12.9 Å². The van der Waals surface area contributed by atoms with Crippen molar-refractivity contribution in [3.05, 3.63) is 83.8 Å². The van der Waals surface area contributed by atoms with Crippen molar-refractivity contribution >= 4 is 17.5 Å². The van der Waals surface area contributed by atoms with Gasteiger partial charge in [-0.2, -0.15) is 0 Å². The summed E-state index contributed by atoms with van der Waals surface area (Å²) in [6.07, 6.45) is 3.52. The van der Waals surface area contributed by atoms with Gasteiger partial charge in [-0.1, -0.05) is 30.3 Å². The quantitative estimate of drug-likeness (QED) is 0.475. The van der Waals surface area contributed by atoms with Crippen LogP contribution in [-0.2, 0) is 34.1 Å². The summed E-state index contributed by atoms with van der Waals surface area (Å²) in [5.74, 6) is 1.26. The largest absolute Gasteiger partial charge is 0.484 e. The number of ether oxygens (including phenoxy) is 2. The highest BCUT2D eigenvalue weighted by molar-refractivity contribution is 5.94. The molecule has 0 atom stereocenters. The number of hydrogen-bond acceptors (Lipinski definition) is 5. The smallest absolute Gasteiger partial charge is 0.258 e. The van der Waals surface area contributed by atoms with E-state index in [-0.39, 0.29) is 24.3 Å². The zero-order valence-corrected chi connectivity index (χ0v) is 17.7. The van der Waals surface area contributed by atoms with Crippen LogP contribution in [0.5, 0.6) is 5.75 Å². The van der Waals surface area contributed by atoms with Gasteiger partial charge in [0, 0.05) is 24.2 Å². The molecule has 1 saturated carbocycles. The lowest BCUT2D eigenvalue weighted by Crippen LogP contribution is -2.28. The molecular weight excluding hydrogens is 408 g/mol. The Bertz CT molecular complexity index is 1040. The molecular formula is C25H26N2O5. The van der Waals surface area contributed by atoms with Crippen LogP contribution in [0, 0.1) is 5.92 Å². The zero-order chi connectivity index (χ0) is 22.2. The Balaban J connectivity index is 1.19. The maximum atomic E-state index is 12.2. The van der Waals surface area contributed by atoms with Crippen LogP contribution in [0.3, 0.4) is 0 Å². The van der Waals surface area contributed by atoms with Crippen LogP contribution in [0.25, 0.3) is 0 Å². The van der Waals surface area contributed by atoms with Crippen molar-refractivity contribution in [2.24, 2.45) is 5.92 Å². The zero-order valence-electron chi connectivity index (χ0n) is 17.7. The van der Waals surface area contributed by atoms with E-state index < -0.39 is 0 Å². The highest BCUT2D eigenvalue weighted by Gasteiger charge is 2.29. The van der Waals surface area contributed by atoms with Crippen LogP contribution in [0.15, 0.2) is 71.3 Å². The van der Waals surface area contributed by atoms with Crippen LogP contribution in [0.4, 0.5) is 5.69 Å². The fourth-order valence-corrected chi connectivity index (χ4v) is 3.15. The van der Waals surface area contributed by atoms with E-state index in [1.165, 1.54) is 0 Å². The first kappa shape index (κ1) is 21.6. The monoisotopic (exact) mass is 434 g/mol. The number of benzene rings is 2. The minimum Gasteiger partial charge on any atom is -0.484 e. The lowest BCUT2D eigenvalue weighted by molar-refractivity contribution is -0.123. The molecule has 2 amide bonds. The Morgan fingerprint density at radius 2 is 1.81 bits per heavy atom. The van der Waals surface area contributed by atoms with Gasteiger partial charge in [-0.3, -0.25) is 9.59 Å². The standard InChI is InChI=1S/C25H26N2O5/c28-24(17-32-22-7-2-6-21(13-22)27-25(29)20-9-10-20)26-14-18-4-1-5-19(12-18)15-30-16-23-8-3-11-31-23/h1-8,11-13,20H,9-10,14-17H2,(H,26,28)(H,27,29). The second kappa shape index (κ2) is 10.6. The number of carbonyl (C=O) groups excluding carboxylic acids is 2. The molecule has 32 heavy (non-hydrogen) atoms. The van der Waals surface area contributed by atoms with Gasteiger partial charge in [0.1, 0.15) is 18.1 Å². The predicted octanol–water partition coefficient (Wildman–Crippen LogP) is 4.04. The Morgan fingerprint density at radius 1 is 0.969 bits per heavy atom. The maximum absolute atomic E-state index is 12.2. The van der Waals surface area contributed by atoms with E-state index in [0.717, 1.165) is 29.7 Å². The Hall–Kier alpha value is -3.58. The summed E-state index contributed by atoms with van der Waals surface area (Å²) >= 11 is 0. The van der Waals surface area contributed by atoms with Crippen molar-refractivity contribution < 1.29 is 23.5 Å². The Kier molecular flexibility index (Phi) is 7.19. The second-order valence-electron chi connectivity index (χ2n) is 7.75. The number of rotatable bonds is 11. The third kappa shape index (κ3) is 6.72. The first-order valence-corrected chi connectivity index (χ1v) is 10.6. The van der Waals surface area contributed by atoms with E-state index in [4.69, 9.17) is 13.9 Å². The molecule has 0 radical (unpaired) electrons. The average Bonchev–Trinajstić information content (AvgIpc) is 3.54. The summed E-state index contributed by atoms with van der Waals surface area (Å²) in [6.45, 7) is 1.16. The fourth-order valence-electron chi connectivity index (χ4n) is 3.15. The van der Waals surface area contributed by atoms with Crippen LogP contribution in [-0.4, -0.2) is 18.4 Å². The molecule has 0 bridgehead atoms. The first-order valence-electron chi connectivity index (χ1n) is 10.6. The van der Waals surface area contributed by atoms with E-state index in [9.17, 15) is 9.59 Å². The Labute approximate surface area is 186 Å². The highest BCUT2D eigenvalue weighted by atomic mass is 16.5. The highest BCUT2D eigenvalue weighted by Crippen LogP contribution is 2.30. The number of furan rings is 1. The summed E-state index contributed by atoms with van der Waals surface area (Å²) in [4.78, 5) is 24.1. The fraction of sp³-hybridized carbons (Fsp3) is 0.280. The SMILES string of the molecule is O=C(COc1cccc(NC(=O)C2CC2)c1)NCc1cccc(COCc2ccco2)c1. The lowest BCUT2D eigenvalue weighted by atomic mass is 10.1. The number of nitrogens with one attached hydrogen (secondary N) is 2. The molecule has 7 nitrogen and oxygen atoms in total. The molecule has 7 heteroatoms. The van der Waals surface area contributed by atoms with Crippen LogP contribution >= 0.6 is 0 Å². The first-order chi connectivity index (χ1) is 15.7. The number of anilines is 1. The molecule has 1 aromatic heterocycles. The molecule has 2 N–H and O–H groups in total. The van der Waals surface area contributed by atoms with Crippen molar-refractivity contribution in [1.29, 1.82) is 0 Å². The van der Waals surface area contributed by atoms with Gasteiger partial charge in [-0.25, -0.2) is 0 Å². The molecule has 166 valence electrons. The van der Waals surface area contributed by atoms with E-state index >= 15 is 0 Å². The third-order valence-electron chi connectivity index (χ3n) is 4.99. The summed E-state index contributed by atoms with van der Waals surface area (Å²) in [6, 6.07) is 18.6. The van der Waals surface area contributed by atoms with Gasteiger partial charge in [0.25, 0.3) is 5.91 Å². The Morgan fingerprint density at radius 3 is 2.62 bits per heavy atom. The predicted molar refractivity (Wildman–Crippen MR) is 119 cm³/mol. The van der Waals surface area contributed by atoms with Gasteiger partial charge in [0.2, 0.25) is 5.91 Å². The van der Waals surface area contributed by atoms with E-state index in [1.54, 1.807) is 30.5 Å². The van der Waals surface area contributed by atoms with Crippen molar-refractivity contribution in [2.45, 2.75) is 32.6 Å². The summed E-state index contributed by atoms with van der Waals surface area (Å²) in [5, 5.41) is 5.73. The van der Waals surface area contributed by atoms with Gasteiger partial charge >= 0.3 is 0 Å². The van der Waals surface area contributed by atoms with Crippen molar-refractivity contribution in [1.82, 2.24) is 5.32 Å². The molecule has 1 aliphatic carbocycles. The molecule has 0 aliphatic heterocycles. The van der Waals surface area contributed by atoms with Gasteiger partial charge in [0.15, 0.2) is 6.61 Å². The molecule has 0 saturated heterocycles. The minimum absolute atomic E-state index is 0.0356. The lowest BCUT2D eigenvalue weighted by Gasteiger charge is -2.10. The van der Waals surface area contributed by atoms with Crippen molar-refractivity contribution in [2.75, 3.05) is 11.9 Å². The molecule has 2 aromatic carbocycles. The number of carbonyl (C=O) groups is 2. The average molecular weight is 434 g/mol. The normalized spacial score (nSPS) is 12.9. The van der Waals surface area contributed by atoms with Crippen LogP contribution in [0.1, 0.15) is 29.7 Å². The van der Waals surface area contributed by atoms with E-state index in [2.05, 4.69) is 10.6 Å². The molecule has 1 heterocycles. The molecule has 1 fully saturated rings. The van der Waals surface area contributed by atoms with Crippen molar-refractivity contribution in [3.8, 4) is 5.75 Å². The molecule has 1 aliphatic rings. The van der Waals surface area contributed by atoms with Gasteiger partial charge in [-0.05, 0) is 48.2 Å². The minimum atomic E-state index is -0.225. The summed E-state index contributed by atoms with van der Waals surface area (Å²) in [7, 11) is 0. The molecule has 3 aromatic rings. The summed E-state index contributed by atoms with van der Waals surface area (Å²) < 4.78 is 16.5. The number of amides is 2. The topological polar surface area (TPSA) is 89.8 Å². The van der Waals surface area contributed by atoms with Crippen LogP contribution < -0.4 is 15.4 Å². The van der Waals surface area contributed by atoms with Gasteiger partial charge < -0.3 is 24.5 Å². The molecule has 0 unspecified atom stereocenters. The summed E-state index contributed by atoms with van der Waals surface area (Å²) in [5.41, 5.74) is 2.66. The molecule has 0 spiro atoms.